The Morgan fingerprint density at radius 2 is 0.889 bits per heavy atom. The molecule has 0 bridgehead atoms. The van der Waals surface area contributed by atoms with E-state index in [4.69, 9.17) is 0 Å². The molecule has 0 nitrogen and oxygen atoms in total. The third-order valence-electron chi connectivity index (χ3n) is 1.67. The smallest absolute Gasteiger partial charge is 0.0820 e. The molecule has 10 heteroatoms. The standard InChI is InChI=1S/C8I6S4/c9-1-3(7(13)15-5(1)11)17-18-4-2(10)6(12)16-8(4)14. The first-order valence-electron chi connectivity index (χ1n) is 4.03. The van der Waals surface area contributed by atoms with Crippen molar-refractivity contribution in [2.24, 2.45) is 0 Å². The molecule has 0 spiro atoms. The molecule has 0 saturated heterocycles. The van der Waals surface area contributed by atoms with Crippen LogP contribution in [0.5, 0.6) is 0 Å². The maximum Gasteiger partial charge on any atom is 0.0820 e. The average molecular weight is 986 g/mol. The molecule has 0 N–H and O–H groups in total. The number of thiophene rings is 2. The topological polar surface area (TPSA) is 0 Å². The van der Waals surface area contributed by atoms with Gasteiger partial charge in [-0.3, -0.25) is 0 Å². The molecule has 0 aliphatic heterocycles. The second kappa shape index (κ2) is 8.54. The summed E-state index contributed by atoms with van der Waals surface area (Å²) in [5.74, 6) is 0. The van der Waals surface area contributed by atoms with Crippen molar-refractivity contribution in [2.75, 3.05) is 0 Å². The lowest BCUT2D eigenvalue weighted by molar-refractivity contribution is 1.46. The minimum Gasteiger partial charge on any atom is -0.121 e. The van der Waals surface area contributed by atoms with E-state index in [0.717, 1.165) is 0 Å². The first kappa shape index (κ1) is 18.8. The van der Waals surface area contributed by atoms with Gasteiger partial charge in [-0.1, -0.05) is 0 Å². The summed E-state index contributed by atoms with van der Waals surface area (Å²) in [5.41, 5.74) is 0. The maximum atomic E-state index is 2.45. The molecule has 2 aromatic rings. The van der Waals surface area contributed by atoms with Gasteiger partial charge in [-0.15, -0.1) is 22.7 Å². The lowest BCUT2D eigenvalue weighted by Gasteiger charge is -2.01. The lowest BCUT2D eigenvalue weighted by atomic mass is 10.7. The highest BCUT2D eigenvalue weighted by Crippen LogP contribution is 2.50. The van der Waals surface area contributed by atoms with Crippen LogP contribution in [0.1, 0.15) is 0 Å². The number of halogens is 6. The number of hydrogen-bond acceptors (Lipinski definition) is 4. The summed E-state index contributed by atoms with van der Waals surface area (Å²) in [6, 6.07) is 0. The van der Waals surface area contributed by atoms with Gasteiger partial charge in [0.05, 0.1) is 28.5 Å². The Morgan fingerprint density at radius 3 is 1.11 bits per heavy atom. The summed E-state index contributed by atoms with van der Waals surface area (Å²) in [6.07, 6.45) is 0. The van der Waals surface area contributed by atoms with Crippen molar-refractivity contribution in [1.29, 1.82) is 0 Å². The van der Waals surface area contributed by atoms with Crippen LogP contribution >= 0.6 is 180 Å². The molecule has 18 heavy (non-hydrogen) atoms. The van der Waals surface area contributed by atoms with Crippen molar-refractivity contribution in [3.63, 3.8) is 0 Å². The van der Waals surface area contributed by atoms with E-state index in [9.17, 15) is 0 Å². The molecule has 0 saturated carbocycles. The van der Waals surface area contributed by atoms with Gasteiger partial charge in [-0.05, 0) is 157 Å². The fraction of sp³-hybridized carbons (Fsp3) is 0. The SMILES string of the molecule is Ic1sc(I)c(SSc2c(I)sc(I)c2I)c1I. The van der Waals surface area contributed by atoms with Gasteiger partial charge in [0.1, 0.15) is 0 Å². The third-order valence-corrected chi connectivity index (χ3v) is 17.2. The lowest BCUT2D eigenvalue weighted by Crippen LogP contribution is -1.75. The highest BCUT2D eigenvalue weighted by atomic mass is 127. The van der Waals surface area contributed by atoms with Crippen LogP contribution in [0, 0.1) is 18.7 Å². The molecule has 2 aromatic heterocycles. The summed E-state index contributed by atoms with van der Waals surface area (Å²) in [7, 11) is 3.78. The summed E-state index contributed by atoms with van der Waals surface area (Å²) >= 11 is 18.4. The van der Waals surface area contributed by atoms with Crippen LogP contribution in [0.3, 0.4) is 0 Å². The number of rotatable bonds is 3. The summed E-state index contributed by atoms with van der Waals surface area (Å²) < 4.78 is 8.38. The fourth-order valence-electron chi connectivity index (χ4n) is 0.913. The van der Waals surface area contributed by atoms with Gasteiger partial charge >= 0.3 is 0 Å². The maximum absolute atomic E-state index is 2.45. The van der Waals surface area contributed by atoms with Crippen molar-refractivity contribution >= 4 is 180 Å². The van der Waals surface area contributed by atoms with Gasteiger partial charge in [-0.25, -0.2) is 0 Å². The predicted molar refractivity (Wildman–Crippen MR) is 137 cm³/mol. The average Bonchev–Trinajstić information content (AvgIpc) is 2.67. The van der Waals surface area contributed by atoms with Crippen LogP contribution in [0.2, 0.25) is 0 Å². The fourth-order valence-corrected chi connectivity index (χ4v) is 17.4. The van der Waals surface area contributed by atoms with Crippen molar-refractivity contribution in [2.45, 2.75) is 9.79 Å². The highest BCUT2D eigenvalue weighted by Gasteiger charge is 2.18. The van der Waals surface area contributed by atoms with Gasteiger partial charge < -0.3 is 0 Å². The van der Waals surface area contributed by atoms with E-state index < -0.39 is 0 Å². The van der Waals surface area contributed by atoms with Crippen LogP contribution in [0.4, 0.5) is 0 Å². The zero-order valence-corrected chi connectivity index (χ0v) is 24.1. The van der Waals surface area contributed by atoms with Crippen LogP contribution < -0.4 is 0 Å². The molecule has 2 rings (SSSR count). The normalized spacial score (nSPS) is 11.2. The zero-order chi connectivity index (χ0) is 13.4. The summed E-state index contributed by atoms with van der Waals surface area (Å²) in [4.78, 5) is 2.84. The van der Waals surface area contributed by atoms with Crippen LogP contribution in [-0.4, -0.2) is 0 Å². The van der Waals surface area contributed by atoms with E-state index in [-0.39, 0.29) is 0 Å². The zero-order valence-electron chi connectivity index (χ0n) is 7.90. The molecule has 0 unspecified atom stereocenters. The molecule has 0 atom stereocenters. The molecular formula is C8I6S4. The van der Waals surface area contributed by atoms with Crippen molar-refractivity contribution in [3.05, 3.63) is 18.7 Å². The molecule has 0 amide bonds. The Morgan fingerprint density at radius 1 is 0.556 bits per heavy atom. The first-order chi connectivity index (χ1) is 8.41. The molecule has 2 heterocycles. The Hall–Kier alpha value is 4.48. The van der Waals surface area contributed by atoms with Gasteiger partial charge in [0.2, 0.25) is 0 Å². The Kier molecular flexibility index (Phi) is 8.93. The molecule has 0 aromatic carbocycles. The molecular weight excluding hydrogens is 986 g/mol. The predicted octanol–water partition coefficient (Wildman–Crippen LogP) is 8.24. The quantitative estimate of drug-likeness (QED) is 0.225. The van der Waals surface area contributed by atoms with Crippen LogP contribution in [0.15, 0.2) is 9.79 Å². The minimum atomic E-state index is 1.39. The molecule has 0 fully saturated rings. The molecule has 0 aliphatic rings. The van der Waals surface area contributed by atoms with E-state index >= 15 is 0 Å². The van der Waals surface area contributed by atoms with Crippen LogP contribution in [-0.2, 0) is 0 Å². The minimum absolute atomic E-state index is 1.39. The molecule has 0 aliphatic carbocycles. The van der Waals surface area contributed by atoms with Gasteiger partial charge in [0, 0.05) is 0 Å². The number of hydrogen-bond donors (Lipinski definition) is 0. The Bertz CT molecular complexity index is 537. The van der Waals surface area contributed by atoms with E-state index in [1.54, 1.807) is 0 Å². The first-order valence-corrected chi connectivity index (χ1v) is 14.3. The van der Waals surface area contributed by atoms with Crippen LogP contribution in [0.25, 0.3) is 0 Å². The second-order valence-electron chi connectivity index (χ2n) is 2.75. The third kappa shape index (κ3) is 4.52. The highest BCUT2D eigenvalue weighted by molar-refractivity contribution is 14.1. The Labute approximate surface area is 203 Å². The van der Waals surface area contributed by atoms with Crippen molar-refractivity contribution < 1.29 is 0 Å². The molecule has 98 valence electrons. The Balaban J connectivity index is 2.21. The van der Waals surface area contributed by atoms with Gasteiger partial charge in [0.15, 0.2) is 0 Å². The van der Waals surface area contributed by atoms with Gasteiger partial charge in [-0.2, -0.15) is 0 Å². The second-order valence-corrected chi connectivity index (χ2v) is 16.3. The largest absolute Gasteiger partial charge is 0.121 e. The van der Waals surface area contributed by atoms with Gasteiger partial charge in [0.25, 0.3) is 0 Å². The summed E-state index contributed by atoms with van der Waals surface area (Å²) in [5, 5.41) is 0. The van der Waals surface area contributed by atoms with Crippen molar-refractivity contribution in [1.82, 2.24) is 0 Å². The summed E-state index contributed by atoms with van der Waals surface area (Å²) in [6.45, 7) is 0. The van der Waals surface area contributed by atoms with Crippen molar-refractivity contribution in [3.8, 4) is 0 Å². The molecule has 0 radical (unpaired) electrons. The van der Waals surface area contributed by atoms with E-state index in [0.29, 0.717) is 0 Å². The van der Waals surface area contributed by atoms with E-state index in [1.165, 1.54) is 28.5 Å². The van der Waals surface area contributed by atoms with E-state index in [1.807, 2.05) is 44.3 Å². The monoisotopic (exact) mass is 985 g/mol. The van der Waals surface area contributed by atoms with E-state index in [2.05, 4.69) is 136 Å².